The lowest BCUT2D eigenvalue weighted by Gasteiger charge is -2.03. The molecular weight excluding hydrogens is 363 g/mol. The van der Waals surface area contributed by atoms with Crippen LogP contribution in [0.2, 0.25) is 0 Å². The van der Waals surface area contributed by atoms with Crippen molar-refractivity contribution in [3.05, 3.63) is 66.0 Å². The van der Waals surface area contributed by atoms with Gasteiger partial charge in [-0.05, 0) is 44.2 Å². The Labute approximate surface area is 163 Å². The van der Waals surface area contributed by atoms with Crippen LogP contribution in [0.4, 0.5) is 4.39 Å². The van der Waals surface area contributed by atoms with Crippen molar-refractivity contribution in [2.45, 2.75) is 13.5 Å². The maximum Gasteiger partial charge on any atom is 0.150 e. The minimum Gasteiger partial charge on any atom is -0.402 e. The van der Waals surface area contributed by atoms with Crippen LogP contribution in [0.5, 0.6) is 0 Å². The number of nitrogens with zero attached hydrogens (tertiary/aromatic N) is 4. The average molecular weight is 389 g/mol. The number of pyridine rings is 1. The quantitative estimate of drug-likeness (QED) is 0.709. The Morgan fingerprint density at radius 2 is 2.19 bits per heavy atom. The number of imidazole rings is 1. The molecule has 0 saturated heterocycles. The molecule has 0 bridgehead atoms. The van der Waals surface area contributed by atoms with Crippen molar-refractivity contribution in [2.24, 2.45) is 16.5 Å². The Hall–Kier alpha value is -2.71. The third-order valence-corrected chi connectivity index (χ3v) is 3.99. The number of nitrogens with two attached hydrogens (primary N) is 2. The van der Waals surface area contributed by atoms with E-state index >= 15 is 0 Å². The summed E-state index contributed by atoms with van der Waals surface area (Å²) in [7, 11) is 0. The normalized spacial score (nSPS) is 11.6. The van der Waals surface area contributed by atoms with Crippen LogP contribution in [0, 0.1) is 5.82 Å². The lowest BCUT2D eigenvalue weighted by atomic mass is 10.2. The standard InChI is InChI=1S/C10H16N4.C9H9FN2S/c1-3-9-10(6-8(2)12)14(5-4-11)7-13-9;1-11-6-8(13-2)9-7(10)4-3-5-12-9/h3,6-7H,1,4-5,11-12H2,2H3;3-6H,1H2,2H3/b8-6+;8-6-. The first kappa shape index (κ1) is 22.3. The molecule has 144 valence electrons. The summed E-state index contributed by atoms with van der Waals surface area (Å²) in [6, 6.07) is 2.92. The van der Waals surface area contributed by atoms with E-state index in [0.717, 1.165) is 23.6 Å². The van der Waals surface area contributed by atoms with E-state index in [4.69, 9.17) is 11.5 Å². The highest BCUT2D eigenvalue weighted by molar-refractivity contribution is 8.07. The molecule has 2 aromatic heterocycles. The number of allylic oxidation sites excluding steroid dienone is 1. The van der Waals surface area contributed by atoms with Crippen LogP contribution < -0.4 is 11.5 Å². The second-order valence-electron chi connectivity index (χ2n) is 5.30. The van der Waals surface area contributed by atoms with Gasteiger partial charge in [-0.1, -0.05) is 6.58 Å². The lowest BCUT2D eigenvalue weighted by Crippen LogP contribution is -2.10. The highest BCUT2D eigenvalue weighted by Gasteiger charge is 2.07. The van der Waals surface area contributed by atoms with E-state index in [1.165, 1.54) is 24.0 Å². The topological polar surface area (TPSA) is 95.1 Å². The van der Waals surface area contributed by atoms with Crippen LogP contribution in [0.15, 0.2) is 48.1 Å². The first-order valence-electron chi connectivity index (χ1n) is 8.10. The summed E-state index contributed by atoms with van der Waals surface area (Å²) in [4.78, 5) is 12.4. The zero-order valence-corrected chi connectivity index (χ0v) is 16.4. The zero-order valence-electron chi connectivity index (χ0n) is 15.6. The van der Waals surface area contributed by atoms with Gasteiger partial charge < -0.3 is 16.0 Å². The molecule has 8 heteroatoms. The van der Waals surface area contributed by atoms with Crippen LogP contribution in [0.25, 0.3) is 17.1 Å². The van der Waals surface area contributed by atoms with Crippen molar-refractivity contribution in [2.75, 3.05) is 12.8 Å². The Morgan fingerprint density at radius 3 is 2.70 bits per heavy atom. The van der Waals surface area contributed by atoms with E-state index in [-0.39, 0.29) is 5.82 Å². The fourth-order valence-electron chi connectivity index (χ4n) is 2.11. The smallest absolute Gasteiger partial charge is 0.150 e. The zero-order chi connectivity index (χ0) is 20.2. The summed E-state index contributed by atoms with van der Waals surface area (Å²) in [6.45, 7) is 10.2. The molecule has 2 rings (SSSR count). The summed E-state index contributed by atoms with van der Waals surface area (Å²) in [5.74, 6) is -0.341. The Balaban J connectivity index is 0.000000271. The van der Waals surface area contributed by atoms with Crippen molar-refractivity contribution in [1.82, 2.24) is 14.5 Å². The number of hydrogen-bond donors (Lipinski definition) is 2. The molecule has 0 spiro atoms. The highest BCUT2D eigenvalue weighted by atomic mass is 32.2. The Morgan fingerprint density at radius 1 is 1.44 bits per heavy atom. The second-order valence-corrected chi connectivity index (χ2v) is 6.15. The molecule has 6 nitrogen and oxygen atoms in total. The number of rotatable bonds is 7. The first-order valence-corrected chi connectivity index (χ1v) is 9.33. The Bertz CT molecular complexity index is 821. The number of halogens is 1. The van der Waals surface area contributed by atoms with Gasteiger partial charge in [0.25, 0.3) is 0 Å². The molecule has 4 N–H and O–H groups in total. The molecule has 0 unspecified atom stereocenters. The van der Waals surface area contributed by atoms with Crippen LogP contribution in [0.3, 0.4) is 0 Å². The number of aromatic nitrogens is 3. The van der Waals surface area contributed by atoms with Crippen molar-refractivity contribution in [3.8, 4) is 0 Å². The summed E-state index contributed by atoms with van der Waals surface area (Å²) in [6.07, 6.45) is 10.2. The molecule has 0 aliphatic rings. The Kier molecular flexibility index (Phi) is 9.78. The van der Waals surface area contributed by atoms with Gasteiger partial charge in [0.2, 0.25) is 0 Å². The van der Waals surface area contributed by atoms with Gasteiger partial charge >= 0.3 is 0 Å². The fourth-order valence-corrected chi connectivity index (χ4v) is 2.64. The molecule has 0 saturated carbocycles. The molecular formula is C19H25FN6S. The highest BCUT2D eigenvalue weighted by Crippen LogP contribution is 2.24. The van der Waals surface area contributed by atoms with Crippen molar-refractivity contribution < 1.29 is 4.39 Å². The van der Waals surface area contributed by atoms with E-state index in [1.54, 1.807) is 24.7 Å². The van der Waals surface area contributed by atoms with Gasteiger partial charge in [0, 0.05) is 31.2 Å². The first-order chi connectivity index (χ1) is 13.0. The fraction of sp³-hybridized carbons (Fsp3) is 0.211. The molecule has 0 fully saturated rings. The largest absolute Gasteiger partial charge is 0.402 e. The van der Waals surface area contributed by atoms with E-state index in [9.17, 15) is 4.39 Å². The molecule has 2 heterocycles. The SMILES string of the molecule is C=Cc1ncn(CCN)c1/C=C(\C)N.C=N/C=C(\SC)c1ncccc1F. The van der Waals surface area contributed by atoms with Gasteiger partial charge in [0.15, 0.2) is 0 Å². The maximum atomic E-state index is 13.2. The summed E-state index contributed by atoms with van der Waals surface area (Å²) in [5, 5.41) is 0. The molecule has 0 aliphatic heterocycles. The minimum absolute atomic E-state index is 0.322. The van der Waals surface area contributed by atoms with Crippen molar-refractivity contribution in [1.29, 1.82) is 0 Å². The van der Waals surface area contributed by atoms with Gasteiger partial charge in [-0.15, -0.1) is 11.8 Å². The summed E-state index contributed by atoms with van der Waals surface area (Å²) < 4.78 is 15.1. The maximum absolute atomic E-state index is 13.2. The summed E-state index contributed by atoms with van der Waals surface area (Å²) >= 11 is 1.39. The minimum atomic E-state index is -0.341. The van der Waals surface area contributed by atoms with Crippen LogP contribution in [-0.2, 0) is 6.54 Å². The van der Waals surface area contributed by atoms with E-state index in [0.29, 0.717) is 17.1 Å². The molecule has 27 heavy (non-hydrogen) atoms. The molecule has 0 amide bonds. The predicted molar refractivity (Wildman–Crippen MR) is 114 cm³/mol. The van der Waals surface area contributed by atoms with Crippen LogP contribution in [-0.4, -0.2) is 34.1 Å². The molecule has 0 atom stereocenters. The average Bonchev–Trinajstić information content (AvgIpc) is 3.02. The number of hydrogen-bond acceptors (Lipinski definition) is 6. The van der Waals surface area contributed by atoms with E-state index in [1.807, 2.05) is 23.8 Å². The number of aliphatic imine (C=N–C) groups is 1. The van der Waals surface area contributed by atoms with Crippen molar-refractivity contribution in [3.63, 3.8) is 0 Å². The number of thioether (sulfide) groups is 1. The molecule has 0 aliphatic carbocycles. The van der Waals surface area contributed by atoms with Gasteiger partial charge in [0.1, 0.15) is 11.5 Å². The van der Waals surface area contributed by atoms with Crippen molar-refractivity contribution >= 4 is 35.5 Å². The third-order valence-electron chi connectivity index (χ3n) is 3.26. The third kappa shape index (κ3) is 6.84. The van der Waals surface area contributed by atoms with Gasteiger partial charge in [-0.3, -0.25) is 9.98 Å². The molecule has 2 aromatic rings. The summed E-state index contributed by atoms with van der Waals surface area (Å²) in [5.41, 5.74) is 14.0. The van der Waals surface area contributed by atoms with E-state index in [2.05, 4.69) is 28.3 Å². The molecule has 0 radical (unpaired) electrons. The monoisotopic (exact) mass is 388 g/mol. The predicted octanol–water partition coefficient (Wildman–Crippen LogP) is 3.39. The second kappa shape index (κ2) is 11.8. The van der Waals surface area contributed by atoms with Gasteiger partial charge in [-0.2, -0.15) is 0 Å². The van der Waals surface area contributed by atoms with Crippen LogP contribution >= 0.6 is 11.8 Å². The van der Waals surface area contributed by atoms with E-state index < -0.39 is 0 Å². The van der Waals surface area contributed by atoms with Gasteiger partial charge in [0.05, 0.1) is 22.6 Å². The van der Waals surface area contributed by atoms with Crippen LogP contribution in [0.1, 0.15) is 24.0 Å². The lowest BCUT2D eigenvalue weighted by molar-refractivity contribution is 0.617. The van der Waals surface area contributed by atoms with Gasteiger partial charge in [-0.25, -0.2) is 9.37 Å². The molecule has 0 aromatic carbocycles.